The van der Waals surface area contributed by atoms with Gasteiger partial charge in [-0.2, -0.15) is 0 Å². The maximum Gasteiger partial charge on any atom is 0.254 e. The number of aryl methyl sites for hydroxylation is 1. The van der Waals surface area contributed by atoms with Crippen molar-refractivity contribution < 1.29 is 4.79 Å². The molecule has 108 valence electrons. The Kier molecular flexibility index (Phi) is 3.60. The van der Waals surface area contributed by atoms with Gasteiger partial charge in [0.2, 0.25) is 5.56 Å². The fourth-order valence-corrected chi connectivity index (χ4v) is 3.02. The third kappa shape index (κ3) is 2.61. The molecule has 1 aromatic carbocycles. The van der Waals surface area contributed by atoms with Gasteiger partial charge in [-0.25, -0.2) is 0 Å². The van der Waals surface area contributed by atoms with Crippen LogP contribution < -0.4 is 5.56 Å². The molecule has 4 heteroatoms. The number of aromatic amines is 1. The zero-order valence-electron chi connectivity index (χ0n) is 12.0. The first kappa shape index (κ1) is 13.6. The Hall–Kier alpha value is -2.36. The average Bonchev–Trinajstić information content (AvgIpc) is 2.96. The first-order chi connectivity index (χ1) is 10.2. The van der Waals surface area contributed by atoms with Crippen molar-refractivity contribution in [1.29, 1.82) is 0 Å². The Bertz CT molecular complexity index is 706. The van der Waals surface area contributed by atoms with Crippen LogP contribution in [0.2, 0.25) is 0 Å². The van der Waals surface area contributed by atoms with E-state index in [1.165, 1.54) is 0 Å². The lowest BCUT2D eigenvalue weighted by atomic mass is 10.0. The summed E-state index contributed by atoms with van der Waals surface area (Å²) >= 11 is 0. The van der Waals surface area contributed by atoms with Gasteiger partial charge in [0.05, 0.1) is 6.04 Å². The molecular formula is C17H18N2O2. The quantitative estimate of drug-likeness (QED) is 0.920. The highest BCUT2D eigenvalue weighted by Gasteiger charge is 2.31. The number of likely N-dealkylation sites (tertiary alicyclic amines) is 1. The van der Waals surface area contributed by atoms with Crippen LogP contribution in [0.5, 0.6) is 0 Å². The number of nitrogens with zero attached hydrogens (tertiary/aromatic N) is 1. The predicted molar refractivity (Wildman–Crippen MR) is 81.3 cm³/mol. The highest BCUT2D eigenvalue weighted by Crippen LogP contribution is 2.33. The number of nitrogens with one attached hydrogen (secondary N) is 1. The third-order valence-corrected chi connectivity index (χ3v) is 4.07. The van der Waals surface area contributed by atoms with Gasteiger partial charge in [0.15, 0.2) is 0 Å². The van der Waals surface area contributed by atoms with Crippen LogP contribution in [0.1, 0.15) is 40.4 Å². The molecule has 21 heavy (non-hydrogen) atoms. The van der Waals surface area contributed by atoms with Gasteiger partial charge in [0.25, 0.3) is 5.91 Å². The summed E-state index contributed by atoms with van der Waals surface area (Å²) in [4.78, 5) is 28.7. The minimum atomic E-state index is -0.102. The van der Waals surface area contributed by atoms with Crippen molar-refractivity contribution in [2.75, 3.05) is 6.54 Å². The minimum Gasteiger partial charge on any atom is -0.332 e. The highest BCUT2D eigenvalue weighted by atomic mass is 16.2. The molecular weight excluding hydrogens is 264 g/mol. The molecule has 1 saturated heterocycles. The van der Waals surface area contributed by atoms with Gasteiger partial charge in [0.1, 0.15) is 0 Å². The summed E-state index contributed by atoms with van der Waals surface area (Å²) in [6.45, 7) is 2.69. The standard InChI is InChI=1S/C17H18N2O2/c1-12-10-16(20)18-11-14(12)15-8-5-9-19(15)17(21)13-6-3-2-4-7-13/h2-4,6-7,10-11,15H,5,8-9H2,1H3,(H,18,20)/t15-/m0/s1. The molecule has 2 aromatic rings. The van der Waals surface area contributed by atoms with Crippen LogP contribution in [0.4, 0.5) is 0 Å². The van der Waals surface area contributed by atoms with Crippen molar-refractivity contribution in [1.82, 2.24) is 9.88 Å². The molecule has 1 aromatic heterocycles. The van der Waals surface area contributed by atoms with Crippen LogP contribution in [0, 0.1) is 6.92 Å². The molecule has 3 rings (SSSR count). The summed E-state index contributed by atoms with van der Waals surface area (Å²) in [5.74, 6) is 0.0590. The molecule has 0 unspecified atom stereocenters. The van der Waals surface area contributed by atoms with E-state index in [4.69, 9.17) is 0 Å². The summed E-state index contributed by atoms with van der Waals surface area (Å²) in [6.07, 6.45) is 3.67. The van der Waals surface area contributed by atoms with E-state index in [0.29, 0.717) is 5.56 Å². The van der Waals surface area contributed by atoms with Crippen molar-refractivity contribution in [2.45, 2.75) is 25.8 Å². The van der Waals surface area contributed by atoms with Crippen LogP contribution >= 0.6 is 0 Å². The Morgan fingerprint density at radius 2 is 2.05 bits per heavy atom. The smallest absolute Gasteiger partial charge is 0.254 e. The number of rotatable bonds is 2. The van der Waals surface area contributed by atoms with Gasteiger partial charge in [-0.05, 0) is 43.0 Å². The summed E-state index contributed by atoms with van der Waals surface area (Å²) in [6, 6.07) is 11.0. The van der Waals surface area contributed by atoms with Crippen LogP contribution in [-0.4, -0.2) is 22.3 Å². The van der Waals surface area contributed by atoms with E-state index >= 15 is 0 Å². The second-order valence-corrected chi connectivity index (χ2v) is 5.46. The highest BCUT2D eigenvalue weighted by molar-refractivity contribution is 5.94. The number of amides is 1. The van der Waals surface area contributed by atoms with E-state index < -0.39 is 0 Å². The first-order valence-corrected chi connectivity index (χ1v) is 7.22. The van der Waals surface area contributed by atoms with Crippen molar-refractivity contribution >= 4 is 5.91 Å². The maximum atomic E-state index is 12.7. The number of carbonyl (C=O) groups is 1. The van der Waals surface area contributed by atoms with E-state index in [1.54, 1.807) is 12.3 Å². The van der Waals surface area contributed by atoms with Gasteiger partial charge in [-0.3, -0.25) is 9.59 Å². The molecule has 0 radical (unpaired) electrons. The molecule has 0 spiro atoms. The van der Waals surface area contributed by atoms with Crippen molar-refractivity contribution in [3.63, 3.8) is 0 Å². The van der Waals surface area contributed by atoms with Gasteiger partial charge in [0, 0.05) is 24.4 Å². The van der Waals surface area contributed by atoms with Crippen LogP contribution in [-0.2, 0) is 0 Å². The third-order valence-electron chi connectivity index (χ3n) is 4.07. The summed E-state index contributed by atoms with van der Waals surface area (Å²) < 4.78 is 0. The van der Waals surface area contributed by atoms with Gasteiger partial charge in [-0.15, -0.1) is 0 Å². The Labute approximate surface area is 123 Å². The molecule has 1 fully saturated rings. The van der Waals surface area contributed by atoms with Crippen molar-refractivity contribution in [2.24, 2.45) is 0 Å². The number of hydrogen-bond acceptors (Lipinski definition) is 2. The van der Waals surface area contributed by atoms with Gasteiger partial charge in [-0.1, -0.05) is 18.2 Å². The molecule has 1 amide bonds. The fourth-order valence-electron chi connectivity index (χ4n) is 3.02. The number of aromatic nitrogens is 1. The Morgan fingerprint density at radius 3 is 2.76 bits per heavy atom. The SMILES string of the molecule is Cc1cc(=O)[nH]cc1[C@@H]1CCCN1C(=O)c1ccccc1. The molecule has 1 aliphatic heterocycles. The van der Waals surface area contributed by atoms with Crippen LogP contribution in [0.3, 0.4) is 0 Å². The van der Waals surface area contributed by atoms with Gasteiger partial charge < -0.3 is 9.88 Å². The molecule has 0 aliphatic carbocycles. The summed E-state index contributed by atoms with van der Waals surface area (Å²) in [7, 11) is 0. The fraction of sp³-hybridized carbons (Fsp3) is 0.294. The lowest BCUT2D eigenvalue weighted by molar-refractivity contribution is 0.0735. The topological polar surface area (TPSA) is 53.2 Å². The largest absolute Gasteiger partial charge is 0.332 e. The number of carbonyl (C=O) groups excluding carboxylic acids is 1. The van der Waals surface area contributed by atoms with E-state index in [1.807, 2.05) is 42.2 Å². The summed E-state index contributed by atoms with van der Waals surface area (Å²) in [5.41, 5.74) is 2.59. The number of hydrogen-bond donors (Lipinski definition) is 1. The monoisotopic (exact) mass is 282 g/mol. The number of benzene rings is 1. The molecule has 1 aliphatic rings. The zero-order valence-corrected chi connectivity index (χ0v) is 12.0. The van der Waals surface area contributed by atoms with E-state index in [-0.39, 0.29) is 17.5 Å². The Morgan fingerprint density at radius 1 is 1.29 bits per heavy atom. The van der Waals surface area contributed by atoms with Crippen molar-refractivity contribution in [3.05, 3.63) is 69.6 Å². The summed E-state index contributed by atoms with van der Waals surface area (Å²) in [5, 5.41) is 0. The zero-order chi connectivity index (χ0) is 14.8. The second kappa shape index (κ2) is 5.56. The van der Waals surface area contributed by atoms with E-state index in [9.17, 15) is 9.59 Å². The second-order valence-electron chi connectivity index (χ2n) is 5.46. The van der Waals surface area contributed by atoms with Crippen molar-refractivity contribution in [3.8, 4) is 0 Å². The molecule has 0 saturated carbocycles. The molecule has 0 bridgehead atoms. The van der Waals surface area contributed by atoms with E-state index in [2.05, 4.69) is 4.98 Å². The Balaban J connectivity index is 1.92. The molecule has 4 nitrogen and oxygen atoms in total. The van der Waals surface area contributed by atoms with E-state index in [0.717, 1.165) is 30.5 Å². The molecule has 1 N–H and O–H groups in total. The first-order valence-electron chi connectivity index (χ1n) is 7.22. The lowest BCUT2D eigenvalue weighted by Crippen LogP contribution is -2.31. The molecule has 1 atom stereocenters. The number of pyridine rings is 1. The number of H-pyrrole nitrogens is 1. The predicted octanol–water partition coefficient (Wildman–Crippen LogP) is 2.66. The molecule has 2 heterocycles. The lowest BCUT2D eigenvalue weighted by Gasteiger charge is -2.26. The normalized spacial score (nSPS) is 18.0. The van der Waals surface area contributed by atoms with Crippen LogP contribution in [0.25, 0.3) is 0 Å². The van der Waals surface area contributed by atoms with Crippen LogP contribution in [0.15, 0.2) is 47.4 Å². The van der Waals surface area contributed by atoms with Gasteiger partial charge >= 0.3 is 0 Å². The minimum absolute atomic E-state index is 0.0505. The average molecular weight is 282 g/mol. The maximum absolute atomic E-state index is 12.7.